The summed E-state index contributed by atoms with van der Waals surface area (Å²) in [4.78, 5) is 8.13. The molecule has 0 aliphatic heterocycles. The molecule has 2 N–H and O–H groups in total. The van der Waals surface area contributed by atoms with Gasteiger partial charge in [0, 0.05) is 31.1 Å². The zero-order chi connectivity index (χ0) is 15.5. The molecule has 0 aromatic carbocycles. The maximum atomic E-state index is 6.17. The highest BCUT2D eigenvalue weighted by atomic mass is 16.5. The second-order valence-corrected chi connectivity index (χ2v) is 7.38. The molecule has 1 heterocycles. The summed E-state index contributed by atoms with van der Waals surface area (Å²) in [6, 6.07) is 0.480. The summed E-state index contributed by atoms with van der Waals surface area (Å²) >= 11 is 0. The number of aromatic amines is 1. The van der Waals surface area contributed by atoms with Crippen LogP contribution >= 0.6 is 0 Å². The number of hydrogen-bond donors (Lipinski definition) is 2. The van der Waals surface area contributed by atoms with E-state index in [-0.39, 0.29) is 5.60 Å². The van der Waals surface area contributed by atoms with Crippen molar-refractivity contribution in [1.29, 1.82) is 0 Å². The largest absolute Gasteiger partial charge is 0.367 e. The molecule has 1 aromatic rings. The average molecular weight is 293 g/mol. The number of nitrogens with zero attached hydrogens (tertiary/aromatic N) is 1. The number of rotatable bonds is 6. The minimum absolute atomic E-state index is 0.208. The number of hydrogen-bond acceptors (Lipinski definition) is 3. The highest BCUT2D eigenvalue weighted by Gasteiger charge is 2.42. The van der Waals surface area contributed by atoms with E-state index < -0.39 is 0 Å². The standard InChI is InChI=1S/C17H31N3O/c1-6-21-17(9-7-16(4,5)8-10-17)15-19-12-14(20-15)11-18-13(2)3/h12-13,18H,6-11H2,1-5H3,(H,19,20). The van der Waals surface area contributed by atoms with Gasteiger partial charge in [0.1, 0.15) is 11.4 Å². The van der Waals surface area contributed by atoms with E-state index in [2.05, 4.69) is 49.9 Å². The molecule has 0 unspecified atom stereocenters. The van der Waals surface area contributed by atoms with E-state index in [4.69, 9.17) is 4.74 Å². The van der Waals surface area contributed by atoms with E-state index in [1.807, 2.05) is 6.20 Å². The van der Waals surface area contributed by atoms with Gasteiger partial charge in [-0.25, -0.2) is 4.98 Å². The summed E-state index contributed by atoms with van der Waals surface area (Å²) in [5, 5.41) is 3.42. The van der Waals surface area contributed by atoms with Crippen LogP contribution in [-0.2, 0) is 16.9 Å². The average Bonchev–Trinajstić information content (AvgIpc) is 2.89. The van der Waals surface area contributed by atoms with Crippen molar-refractivity contribution in [3.8, 4) is 0 Å². The third-order valence-electron chi connectivity index (χ3n) is 4.59. The Hall–Kier alpha value is -0.870. The predicted octanol–water partition coefficient (Wildman–Crippen LogP) is 3.74. The van der Waals surface area contributed by atoms with Gasteiger partial charge in [0.25, 0.3) is 0 Å². The van der Waals surface area contributed by atoms with Crippen molar-refractivity contribution >= 4 is 0 Å². The van der Waals surface area contributed by atoms with Crippen LogP contribution in [0.1, 0.15) is 71.8 Å². The molecule has 1 aromatic heterocycles. The van der Waals surface area contributed by atoms with Crippen molar-refractivity contribution < 1.29 is 4.74 Å². The molecule has 0 atom stereocenters. The van der Waals surface area contributed by atoms with Crippen molar-refractivity contribution in [3.63, 3.8) is 0 Å². The lowest BCUT2D eigenvalue weighted by Crippen LogP contribution is -2.38. The number of H-pyrrole nitrogens is 1. The first-order chi connectivity index (χ1) is 9.87. The lowest BCUT2D eigenvalue weighted by atomic mass is 9.70. The molecule has 0 spiro atoms. The molecule has 0 saturated heterocycles. The Bertz CT molecular complexity index is 441. The summed E-state index contributed by atoms with van der Waals surface area (Å²) < 4.78 is 6.17. The molecular formula is C17H31N3O. The molecule has 0 amide bonds. The summed E-state index contributed by atoms with van der Waals surface area (Å²) in [5.74, 6) is 1.01. The van der Waals surface area contributed by atoms with Crippen molar-refractivity contribution in [2.24, 2.45) is 5.41 Å². The zero-order valence-corrected chi connectivity index (χ0v) is 14.3. The van der Waals surface area contributed by atoms with Crippen LogP contribution in [0.3, 0.4) is 0 Å². The monoisotopic (exact) mass is 293 g/mol. The fourth-order valence-electron chi connectivity index (χ4n) is 3.05. The smallest absolute Gasteiger partial charge is 0.138 e. The summed E-state index contributed by atoms with van der Waals surface area (Å²) in [7, 11) is 0. The third-order valence-corrected chi connectivity index (χ3v) is 4.59. The van der Waals surface area contributed by atoms with Gasteiger partial charge in [0.05, 0.1) is 0 Å². The van der Waals surface area contributed by atoms with Crippen molar-refractivity contribution in [2.75, 3.05) is 6.61 Å². The van der Waals surface area contributed by atoms with Gasteiger partial charge < -0.3 is 15.0 Å². The van der Waals surface area contributed by atoms with E-state index in [0.717, 1.165) is 37.5 Å². The van der Waals surface area contributed by atoms with Gasteiger partial charge in [-0.1, -0.05) is 27.7 Å². The minimum atomic E-state index is -0.208. The van der Waals surface area contributed by atoms with Crippen LogP contribution in [0.15, 0.2) is 6.20 Å². The number of nitrogens with one attached hydrogen (secondary N) is 2. The molecule has 4 nitrogen and oxygen atoms in total. The predicted molar refractivity (Wildman–Crippen MR) is 86.1 cm³/mol. The van der Waals surface area contributed by atoms with Crippen molar-refractivity contribution in [1.82, 2.24) is 15.3 Å². The molecule has 1 saturated carbocycles. The SMILES string of the molecule is CCOC1(c2ncc(CNC(C)C)[nH]2)CCC(C)(C)CC1. The molecule has 4 heteroatoms. The highest BCUT2D eigenvalue weighted by molar-refractivity contribution is 5.11. The Labute approximate surface area is 129 Å². The van der Waals surface area contributed by atoms with Crippen LogP contribution < -0.4 is 5.32 Å². The molecule has 0 bridgehead atoms. The first kappa shape index (κ1) is 16.5. The minimum Gasteiger partial charge on any atom is -0.367 e. The molecule has 1 fully saturated rings. The molecule has 2 rings (SSSR count). The first-order valence-electron chi connectivity index (χ1n) is 8.29. The van der Waals surface area contributed by atoms with Crippen molar-refractivity contribution in [3.05, 3.63) is 17.7 Å². The second kappa shape index (κ2) is 6.49. The molecule has 21 heavy (non-hydrogen) atoms. The van der Waals surface area contributed by atoms with E-state index in [1.165, 1.54) is 12.8 Å². The summed E-state index contributed by atoms with van der Waals surface area (Å²) in [6.45, 7) is 12.7. The maximum absolute atomic E-state index is 6.17. The Balaban J connectivity index is 2.12. The van der Waals surface area contributed by atoms with Gasteiger partial charge in [0.2, 0.25) is 0 Å². The molecular weight excluding hydrogens is 262 g/mol. The summed E-state index contributed by atoms with van der Waals surface area (Å²) in [6.07, 6.45) is 6.43. The first-order valence-corrected chi connectivity index (χ1v) is 8.29. The third kappa shape index (κ3) is 4.07. The van der Waals surface area contributed by atoms with Gasteiger partial charge in [0.15, 0.2) is 0 Å². The zero-order valence-electron chi connectivity index (χ0n) is 14.3. The van der Waals surface area contributed by atoms with E-state index >= 15 is 0 Å². The fourth-order valence-corrected chi connectivity index (χ4v) is 3.05. The van der Waals surface area contributed by atoms with Crippen LogP contribution in [-0.4, -0.2) is 22.6 Å². The number of aromatic nitrogens is 2. The lowest BCUT2D eigenvalue weighted by molar-refractivity contribution is -0.0943. The van der Waals surface area contributed by atoms with Crippen molar-refractivity contribution in [2.45, 2.75) is 78.5 Å². The summed E-state index contributed by atoms with van der Waals surface area (Å²) in [5.41, 5.74) is 1.36. The van der Waals surface area contributed by atoms with E-state index in [1.54, 1.807) is 0 Å². The Kier molecular flexibility index (Phi) is 5.10. The fraction of sp³-hybridized carbons (Fsp3) is 0.824. The molecule has 120 valence electrons. The van der Waals surface area contributed by atoms with Gasteiger partial charge in [-0.15, -0.1) is 0 Å². The van der Waals surface area contributed by atoms with E-state index in [9.17, 15) is 0 Å². The van der Waals surface area contributed by atoms with Gasteiger partial charge in [-0.3, -0.25) is 0 Å². The lowest BCUT2D eigenvalue weighted by Gasteiger charge is -2.42. The molecule has 0 radical (unpaired) electrons. The van der Waals surface area contributed by atoms with Gasteiger partial charge in [-0.05, 0) is 38.0 Å². The molecule has 1 aliphatic rings. The van der Waals surface area contributed by atoms with Crippen LogP contribution in [0.25, 0.3) is 0 Å². The van der Waals surface area contributed by atoms with Crippen LogP contribution in [0.5, 0.6) is 0 Å². The van der Waals surface area contributed by atoms with Gasteiger partial charge >= 0.3 is 0 Å². The topological polar surface area (TPSA) is 49.9 Å². The maximum Gasteiger partial charge on any atom is 0.138 e. The second-order valence-electron chi connectivity index (χ2n) is 7.38. The quantitative estimate of drug-likeness (QED) is 0.840. The van der Waals surface area contributed by atoms with Crippen LogP contribution in [0.4, 0.5) is 0 Å². The van der Waals surface area contributed by atoms with E-state index in [0.29, 0.717) is 11.5 Å². The Morgan fingerprint density at radius 3 is 2.52 bits per heavy atom. The Morgan fingerprint density at radius 2 is 1.95 bits per heavy atom. The van der Waals surface area contributed by atoms with Crippen LogP contribution in [0, 0.1) is 5.41 Å². The Morgan fingerprint density at radius 1 is 1.29 bits per heavy atom. The van der Waals surface area contributed by atoms with Gasteiger partial charge in [-0.2, -0.15) is 0 Å². The number of imidazole rings is 1. The van der Waals surface area contributed by atoms with Crippen LogP contribution in [0.2, 0.25) is 0 Å². The normalized spacial score (nSPS) is 20.9. The highest BCUT2D eigenvalue weighted by Crippen LogP contribution is 2.46. The number of ether oxygens (including phenoxy) is 1. The molecule has 1 aliphatic carbocycles.